The molecule has 1 aromatic carbocycles. The number of amides is 1. The first-order valence-corrected chi connectivity index (χ1v) is 6.19. The Balaban J connectivity index is 2.25. The van der Waals surface area contributed by atoms with Crippen LogP contribution in [0.2, 0.25) is 0 Å². The van der Waals surface area contributed by atoms with Gasteiger partial charge in [-0.05, 0) is 36.7 Å². The molecule has 0 fully saturated rings. The molecule has 0 bridgehead atoms. The standard InChI is InChI=1S/C13H17NO3S/c1-10(2)8-9-16-13(18)14-12(15)17-11-6-4-3-5-7-11/h3-7,10H,8-9H2,1-2H3,(H,14,15,18). The van der Waals surface area contributed by atoms with Gasteiger partial charge < -0.3 is 9.47 Å². The quantitative estimate of drug-likeness (QED) is 0.851. The van der Waals surface area contributed by atoms with E-state index in [2.05, 4.69) is 19.2 Å². The van der Waals surface area contributed by atoms with E-state index in [0.717, 1.165) is 6.42 Å². The molecule has 0 aliphatic carbocycles. The van der Waals surface area contributed by atoms with Gasteiger partial charge in [0.15, 0.2) is 0 Å². The van der Waals surface area contributed by atoms with Crippen LogP contribution in [0.25, 0.3) is 0 Å². The largest absolute Gasteiger partial charge is 0.471 e. The van der Waals surface area contributed by atoms with Crippen LogP contribution in [0.1, 0.15) is 20.3 Å². The minimum Gasteiger partial charge on any atom is -0.471 e. The number of ether oxygens (including phenoxy) is 2. The number of carbonyl (C=O) groups excluding carboxylic acids is 1. The highest BCUT2D eigenvalue weighted by Gasteiger charge is 2.07. The number of rotatable bonds is 4. The van der Waals surface area contributed by atoms with E-state index in [1.807, 2.05) is 6.07 Å². The Kier molecular flexibility index (Phi) is 6.14. The number of hydrogen-bond acceptors (Lipinski definition) is 4. The fourth-order valence-corrected chi connectivity index (χ4v) is 1.29. The van der Waals surface area contributed by atoms with Crippen LogP contribution in [0.3, 0.4) is 0 Å². The summed E-state index contributed by atoms with van der Waals surface area (Å²) in [6, 6.07) is 8.76. The summed E-state index contributed by atoms with van der Waals surface area (Å²) < 4.78 is 10.2. The molecular formula is C13H17NO3S. The molecule has 0 saturated heterocycles. The van der Waals surface area contributed by atoms with E-state index in [1.54, 1.807) is 24.3 Å². The third-order valence-electron chi connectivity index (χ3n) is 2.09. The lowest BCUT2D eigenvalue weighted by molar-refractivity contribution is 0.200. The lowest BCUT2D eigenvalue weighted by Gasteiger charge is -2.10. The fourth-order valence-electron chi connectivity index (χ4n) is 1.13. The second kappa shape index (κ2) is 7.66. The van der Waals surface area contributed by atoms with Gasteiger partial charge >= 0.3 is 6.09 Å². The Morgan fingerprint density at radius 2 is 2.00 bits per heavy atom. The zero-order valence-electron chi connectivity index (χ0n) is 10.5. The number of hydrogen-bond donors (Lipinski definition) is 1. The number of carbonyl (C=O) groups is 1. The van der Waals surface area contributed by atoms with E-state index >= 15 is 0 Å². The molecule has 4 nitrogen and oxygen atoms in total. The Morgan fingerprint density at radius 1 is 1.33 bits per heavy atom. The van der Waals surface area contributed by atoms with Crippen LogP contribution in [0.15, 0.2) is 30.3 Å². The first kappa shape index (κ1) is 14.4. The van der Waals surface area contributed by atoms with Gasteiger partial charge in [0, 0.05) is 0 Å². The normalized spacial score (nSPS) is 9.94. The summed E-state index contributed by atoms with van der Waals surface area (Å²) in [5.41, 5.74) is 0. The molecule has 0 heterocycles. The fraction of sp³-hybridized carbons (Fsp3) is 0.385. The molecule has 0 spiro atoms. The summed E-state index contributed by atoms with van der Waals surface area (Å²) in [7, 11) is 0. The molecule has 0 radical (unpaired) electrons. The number of thiocarbonyl (C=S) groups is 1. The van der Waals surface area contributed by atoms with Crippen molar-refractivity contribution in [3.05, 3.63) is 30.3 Å². The molecule has 1 amide bonds. The van der Waals surface area contributed by atoms with Gasteiger partial charge in [-0.1, -0.05) is 32.0 Å². The molecule has 1 aromatic rings. The predicted octanol–water partition coefficient (Wildman–Crippen LogP) is 3.12. The Bertz CT molecular complexity index is 392. The van der Waals surface area contributed by atoms with Crippen molar-refractivity contribution < 1.29 is 14.3 Å². The van der Waals surface area contributed by atoms with Crippen molar-refractivity contribution in [2.24, 2.45) is 5.92 Å². The highest BCUT2D eigenvalue weighted by Crippen LogP contribution is 2.08. The van der Waals surface area contributed by atoms with Gasteiger partial charge in [0.1, 0.15) is 5.75 Å². The number of benzene rings is 1. The lowest BCUT2D eigenvalue weighted by Crippen LogP contribution is -2.33. The molecule has 0 atom stereocenters. The molecule has 0 saturated carbocycles. The van der Waals surface area contributed by atoms with Crippen molar-refractivity contribution in [2.75, 3.05) is 6.61 Å². The van der Waals surface area contributed by atoms with E-state index in [9.17, 15) is 4.79 Å². The summed E-state index contributed by atoms with van der Waals surface area (Å²) in [6.45, 7) is 4.66. The molecule has 0 unspecified atom stereocenters. The zero-order chi connectivity index (χ0) is 13.4. The van der Waals surface area contributed by atoms with Gasteiger partial charge in [0.25, 0.3) is 5.17 Å². The van der Waals surface area contributed by atoms with Crippen molar-refractivity contribution in [3.63, 3.8) is 0 Å². The van der Waals surface area contributed by atoms with Gasteiger partial charge in [-0.3, -0.25) is 5.32 Å². The summed E-state index contributed by atoms with van der Waals surface area (Å²) in [4.78, 5) is 11.4. The van der Waals surface area contributed by atoms with Gasteiger partial charge in [-0.15, -0.1) is 0 Å². The Hall–Kier alpha value is -1.62. The highest BCUT2D eigenvalue weighted by atomic mass is 32.1. The zero-order valence-corrected chi connectivity index (χ0v) is 11.3. The molecule has 0 aliphatic heterocycles. The Labute approximate surface area is 112 Å². The second-order valence-corrected chi connectivity index (χ2v) is 4.52. The molecular weight excluding hydrogens is 250 g/mol. The molecule has 1 rings (SSSR count). The Morgan fingerprint density at radius 3 is 2.61 bits per heavy atom. The van der Waals surface area contributed by atoms with Crippen molar-refractivity contribution in [1.29, 1.82) is 0 Å². The third-order valence-corrected chi connectivity index (χ3v) is 2.31. The summed E-state index contributed by atoms with van der Waals surface area (Å²) in [5, 5.41) is 2.39. The highest BCUT2D eigenvalue weighted by molar-refractivity contribution is 7.80. The SMILES string of the molecule is CC(C)CCOC(=S)NC(=O)Oc1ccccc1. The van der Waals surface area contributed by atoms with Crippen molar-refractivity contribution >= 4 is 23.5 Å². The minimum atomic E-state index is -0.643. The minimum absolute atomic E-state index is 0.0385. The maximum Gasteiger partial charge on any atom is 0.420 e. The maximum atomic E-state index is 11.4. The predicted molar refractivity (Wildman–Crippen MR) is 73.6 cm³/mol. The van der Waals surface area contributed by atoms with E-state index in [-0.39, 0.29) is 5.17 Å². The molecule has 5 heteroatoms. The van der Waals surface area contributed by atoms with Crippen molar-refractivity contribution in [2.45, 2.75) is 20.3 Å². The van der Waals surface area contributed by atoms with Gasteiger partial charge in [0.05, 0.1) is 6.61 Å². The monoisotopic (exact) mass is 267 g/mol. The van der Waals surface area contributed by atoms with Crippen molar-refractivity contribution in [1.82, 2.24) is 5.32 Å². The van der Waals surface area contributed by atoms with Crippen LogP contribution in [-0.4, -0.2) is 17.9 Å². The van der Waals surface area contributed by atoms with E-state index in [1.165, 1.54) is 0 Å². The lowest BCUT2D eigenvalue weighted by atomic mass is 10.1. The first-order valence-electron chi connectivity index (χ1n) is 5.78. The smallest absolute Gasteiger partial charge is 0.420 e. The summed E-state index contributed by atoms with van der Waals surface area (Å²) >= 11 is 4.86. The second-order valence-electron chi connectivity index (χ2n) is 4.15. The number of nitrogens with one attached hydrogen (secondary N) is 1. The average molecular weight is 267 g/mol. The van der Waals surface area contributed by atoms with Crippen LogP contribution in [0, 0.1) is 5.92 Å². The third kappa shape index (κ3) is 6.20. The van der Waals surface area contributed by atoms with Crippen LogP contribution in [0.5, 0.6) is 5.75 Å². The number of para-hydroxylation sites is 1. The topological polar surface area (TPSA) is 47.6 Å². The van der Waals surface area contributed by atoms with E-state index in [0.29, 0.717) is 18.3 Å². The average Bonchev–Trinajstić information content (AvgIpc) is 2.29. The van der Waals surface area contributed by atoms with Crippen LogP contribution in [0.4, 0.5) is 4.79 Å². The van der Waals surface area contributed by atoms with E-state index in [4.69, 9.17) is 21.7 Å². The molecule has 0 aromatic heterocycles. The first-order chi connectivity index (χ1) is 8.58. The molecule has 98 valence electrons. The van der Waals surface area contributed by atoms with Crippen LogP contribution in [-0.2, 0) is 4.74 Å². The molecule has 0 aliphatic rings. The maximum absolute atomic E-state index is 11.4. The molecule has 1 N–H and O–H groups in total. The van der Waals surface area contributed by atoms with Crippen LogP contribution >= 0.6 is 12.2 Å². The van der Waals surface area contributed by atoms with Gasteiger partial charge in [-0.25, -0.2) is 4.79 Å². The van der Waals surface area contributed by atoms with Crippen LogP contribution < -0.4 is 10.1 Å². The van der Waals surface area contributed by atoms with Gasteiger partial charge in [0.2, 0.25) is 0 Å². The van der Waals surface area contributed by atoms with E-state index < -0.39 is 6.09 Å². The summed E-state index contributed by atoms with van der Waals surface area (Å²) in [5.74, 6) is 0.990. The van der Waals surface area contributed by atoms with Crippen molar-refractivity contribution in [3.8, 4) is 5.75 Å². The molecule has 18 heavy (non-hydrogen) atoms. The van der Waals surface area contributed by atoms with Gasteiger partial charge in [-0.2, -0.15) is 0 Å². The summed E-state index contributed by atoms with van der Waals surface area (Å²) in [6.07, 6.45) is 0.242.